The van der Waals surface area contributed by atoms with E-state index < -0.39 is 0 Å². The summed E-state index contributed by atoms with van der Waals surface area (Å²) in [6.45, 7) is 9.80. The molecule has 1 aliphatic rings. The Morgan fingerprint density at radius 1 is 1.20 bits per heavy atom. The van der Waals surface area contributed by atoms with Crippen molar-refractivity contribution in [2.75, 3.05) is 20.3 Å². The average Bonchev–Trinajstić information content (AvgIpc) is 3.30. The third kappa shape index (κ3) is 5.02. The first-order valence-corrected chi connectivity index (χ1v) is 11.9. The lowest BCUT2D eigenvalue weighted by Gasteiger charge is -2.29. The number of carbonyl (C=O) groups excluding carboxylic acids is 1. The number of aromatic nitrogens is 2. The van der Waals surface area contributed by atoms with Crippen LogP contribution in [0.25, 0.3) is 5.69 Å². The largest absolute Gasteiger partial charge is 0.494 e. The summed E-state index contributed by atoms with van der Waals surface area (Å²) in [7, 11) is 1.48. The van der Waals surface area contributed by atoms with Gasteiger partial charge in [-0.1, -0.05) is 38.5 Å². The molecule has 0 saturated carbocycles. The lowest BCUT2D eigenvalue weighted by Crippen LogP contribution is -2.36. The normalized spacial score (nSPS) is 13.2. The highest BCUT2D eigenvalue weighted by Crippen LogP contribution is 2.35. The van der Waals surface area contributed by atoms with Crippen LogP contribution < -0.4 is 9.47 Å². The third-order valence-corrected chi connectivity index (χ3v) is 6.68. The number of carbonyl (C=O) groups is 1. The van der Waals surface area contributed by atoms with Gasteiger partial charge < -0.3 is 14.4 Å². The quantitative estimate of drug-likeness (QED) is 0.479. The number of methoxy groups -OCH3 is 1. The number of nitriles is 1. The first-order chi connectivity index (χ1) is 16.8. The highest BCUT2D eigenvalue weighted by Gasteiger charge is 2.30. The van der Waals surface area contributed by atoms with E-state index in [0.29, 0.717) is 43.0 Å². The van der Waals surface area contributed by atoms with Gasteiger partial charge in [-0.25, -0.2) is 4.68 Å². The number of ether oxygens (including phenoxy) is 2. The van der Waals surface area contributed by atoms with E-state index in [9.17, 15) is 10.1 Å². The van der Waals surface area contributed by atoms with Crippen LogP contribution in [-0.4, -0.2) is 40.8 Å². The van der Waals surface area contributed by atoms with Crippen molar-refractivity contribution in [3.63, 3.8) is 0 Å². The van der Waals surface area contributed by atoms with E-state index in [1.807, 2.05) is 23.0 Å². The topological polar surface area (TPSA) is 80.4 Å². The fourth-order valence-corrected chi connectivity index (χ4v) is 4.04. The highest BCUT2D eigenvalue weighted by atomic mass is 16.5. The van der Waals surface area contributed by atoms with E-state index in [2.05, 4.69) is 45.9 Å². The molecule has 2 aromatic carbocycles. The number of fused-ring (bicyclic) bond motifs is 1. The molecule has 4 rings (SSSR count). The van der Waals surface area contributed by atoms with Gasteiger partial charge in [-0.2, -0.15) is 10.4 Å². The van der Waals surface area contributed by atoms with Gasteiger partial charge in [-0.15, -0.1) is 0 Å². The Morgan fingerprint density at radius 2 is 1.94 bits per heavy atom. The molecule has 35 heavy (non-hydrogen) atoms. The molecule has 0 bridgehead atoms. The summed E-state index contributed by atoms with van der Waals surface area (Å²) in [5.74, 6) is 0.482. The molecular weight excluding hydrogens is 440 g/mol. The van der Waals surface area contributed by atoms with Gasteiger partial charge in [0.15, 0.2) is 5.75 Å². The Labute approximate surface area is 206 Å². The van der Waals surface area contributed by atoms with Crippen molar-refractivity contribution < 1.29 is 14.3 Å². The predicted molar refractivity (Wildman–Crippen MR) is 134 cm³/mol. The maximum atomic E-state index is 13.8. The Balaban J connectivity index is 1.64. The van der Waals surface area contributed by atoms with Gasteiger partial charge in [0.25, 0.3) is 5.91 Å². The van der Waals surface area contributed by atoms with Crippen molar-refractivity contribution >= 4 is 5.91 Å². The molecule has 7 nitrogen and oxygen atoms in total. The van der Waals surface area contributed by atoms with Crippen molar-refractivity contribution in [3.8, 4) is 23.3 Å². The van der Waals surface area contributed by atoms with Gasteiger partial charge in [-0.05, 0) is 43.0 Å². The van der Waals surface area contributed by atoms with Crippen molar-refractivity contribution in [2.24, 2.45) is 5.41 Å². The van der Waals surface area contributed by atoms with Crippen molar-refractivity contribution in [1.29, 1.82) is 5.26 Å². The van der Waals surface area contributed by atoms with Crippen LogP contribution >= 0.6 is 0 Å². The number of hydrogen-bond donors (Lipinski definition) is 0. The smallest absolute Gasteiger partial charge is 0.261 e. The minimum atomic E-state index is -0.211. The van der Waals surface area contributed by atoms with Crippen molar-refractivity contribution in [3.05, 3.63) is 70.5 Å². The number of aryl methyl sites for hydroxylation is 1. The third-order valence-electron chi connectivity index (χ3n) is 6.68. The number of benzene rings is 2. The molecule has 0 N–H and O–H groups in total. The Morgan fingerprint density at radius 3 is 2.60 bits per heavy atom. The second-order valence-electron chi connectivity index (χ2n) is 9.80. The lowest BCUT2D eigenvalue weighted by molar-refractivity contribution is 0.0722. The molecule has 0 radical (unpaired) electrons. The maximum absolute atomic E-state index is 13.8. The molecule has 1 amide bonds. The summed E-state index contributed by atoms with van der Waals surface area (Å²) < 4.78 is 13.6. The Kier molecular flexibility index (Phi) is 6.83. The first-order valence-electron chi connectivity index (χ1n) is 11.9. The molecule has 0 fully saturated rings. The highest BCUT2D eigenvalue weighted by molar-refractivity contribution is 6.00. The summed E-state index contributed by atoms with van der Waals surface area (Å²) in [6, 6.07) is 13.7. The van der Waals surface area contributed by atoms with E-state index in [1.54, 1.807) is 17.0 Å². The second kappa shape index (κ2) is 9.83. The van der Waals surface area contributed by atoms with Crippen LogP contribution in [0.1, 0.15) is 59.9 Å². The molecule has 3 aromatic rings. The standard InChI is InChI=1S/C28H32N4O3/c1-6-28(3,4)18-35-24-12-9-20(15-29)26(34-5)25(24)27(33)31-14-13-23-21(16-31)17-32(30-23)22-10-7-19(2)8-11-22/h7-12,17H,6,13-14,16,18H2,1-5H3. The number of amides is 1. The van der Waals surface area contributed by atoms with E-state index >= 15 is 0 Å². The number of hydrogen-bond acceptors (Lipinski definition) is 5. The summed E-state index contributed by atoms with van der Waals surface area (Å²) >= 11 is 0. The van der Waals surface area contributed by atoms with Gasteiger partial charge in [-0.3, -0.25) is 4.79 Å². The van der Waals surface area contributed by atoms with Crippen LogP contribution in [0.15, 0.2) is 42.6 Å². The average molecular weight is 473 g/mol. The summed E-state index contributed by atoms with van der Waals surface area (Å²) in [6.07, 6.45) is 3.58. The number of nitrogens with zero attached hydrogens (tertiary/aromatic N) is 4. The Hall–Kier alpha value is -3.79. The number of rotatable bonds is 7. The molecule has 0 spiro atoms. The molecule has 182 valence electrons. The molecule has 0 aliphatic carbocycles. The Bertz CT molecular complexity index is 1270. The van der Waals surface area contributed by atoms with Gasteiger partial charge in [0.1, 0.15) is 17.4 Å². The van der Waals surface area contributed by atoms with E-state index in [0.717, 1.165) is 23.4 Å². The van der Waals surface area contributed by atoms with Crippen LogP contribution in [0.3, 0.4) is 0 Å². The molecule has 7 heteroatoms. The summed E-state index contributed by atoms with van der Waals surface area (Å²) in [5, 5.41) is 14.4. The van der Waals surface area contributed by atoms with E-state index in [1.165, 1.54) is 12.7 Å². The van der Waals surface area contributed by atoms with Gasteiger partial charge in [0.05, 0.1) is 30.7 Å². The van der Waals surface area contributed by atoms with Crippen LogP contribution in [0.2, 0.25) is 0 Å². The van der Waals surface area contributed by atoms with Gasteiger partial charge in [0.2, 0.25) is 0 Å². The molecule has 0 unspecified atom stereocenters. The van der Waals surface area contributed by atoms with Crippen LogP contribution in [0.4, 0.5) is 0 Å². The SMILES string of the molecule is CCC(C)(C)COc1ccc(C#N)c(OC)c1C(=O)N1CCc2nn(-c3ccc(C)cc3)cc2C1. The van der Waals surface area contributed by atoms with Crippen LogP contribution in [-0.2, 0) is 13.0 Å². The summed E-state index contributed by atoms with van der Waals surface area (Å²) in [4.78, 5) is 15.6. The van der Waals surface area contributed by atoms with Crippen molar-refractivity contribution in [2.45, 2.75) is 47.1 Å². The predicted octanol–water partition coefficient (Wildman–Crippen LogP) is 5.07. The zero-order valence-corrected chi connectivity index (χ0v) is 21.1. The maximum Gasteiger partial charge on any atom is 0.261 e. The second-order valence-corrected chi connectivity index (χ2v) is 9.80. The minimum absolute atomic E-state index is 0.0496. The van der Waals surface area contributed by atoms with E-state index in [4.69, 9.17) is 14.6 Å². The van der Waals surface area contributed by atoms with E-state index in [-0.39, 0.29) is 17.1 Å². The van der Waals surface area contributed by atoms with Crippen LogP contribution in [0.5, 0.6) is 11.5 Å². The molecule has 1 aliphatic heterocycles. The zero-order chi connectivity index (χ0) is 25.2. The first kappa shape index (κ1) is 24.3. The molecule has 0 saturated heterocycles. The van der Waals surface area contributed by atoms with Crippen molar-refractivity contribution in [1.82, 2.24) is 14.7 Å². The fourth-order valence-electron chi connectivity index (χ4n) is 4.04. The molecule has 1 aromatic heterocycles. The minimum Gasteiger partial charge on any atom is -0.494 e. The van der Waals surface area contributed by atoms with Gasteiger partial charge in [0, 0.05) is 31.3 Å². The summed E-state index contributed by atoms with van der Waals surface area (Å²) in [5.41, 5.74) is 4.74. The fraction of sp³-hybridized carbons (Fsp3) is 0.393. The molecule has 0 atom stereocenters. The molecule has 2 heterocycles. The van der Waals surface area contributed by atoms with Gasteiger partial charge >= 0.3 is 0 Å². The monoisotopic (exact) mass is 472 g/mol. The molecular formula is C28H32N4O3. The van der Waals surface area contributed by atoms with Crippen LogP contribution in [0, 0.1) is 23.7 Å². The zero-order valence-electron chi connectivity index (χ0n) is 21.1. The lowest BCUT2D eigenvalue weighted by atomic mass is 9.91.